The molecule has 2 N–H and O–H groups in total. The lowest BCUT2D eigenvalue weighted by Crippen LogP contribution is -2.44. The highest BCUT2D eigenvalue weighted by molar-refractivity contribution is 5.89. The summed E-state index contributed by atoms with van der Waals surface area (Å²) in [5.74, 6) is 0.111. The number of piperidine rings is 1. The maximum absolute atomic E-state index is 12.0. The Bertz CT molecular complexity index is 326. The van der Waals surface area contributed by atoms with Gasteiger partial charge in [0, 0.05) is 12.4 Å². The molecule has 1 aromatic rings. The van der Waals surface area contributed by atoms with Gasteiger partial charge in [0.2, 0.25) is 5.91 Å². The zero-order chi connectivity index (χ0) is 10.7. The molecule has 0 unspecified atom stereocenters. The highest BCUT2D eigenvalue weighted by Gasteiger charge is 2.34. The Balaban J connectivity index is 2.00. The number of hydrogen-bond donors (Lipinski definition) is 2. The second-order valence-electron chi connectivity index (χ2n) is 4.34. The summed E-state index contributed by atoms with van der Waals surface area (Å²) in [6, 6.07) is 3.79. The third kappa shape index (κ3) is 2.21. The van der Waals surface area contributed by atoms with Gasteiger partial charge in [-0.25, -0.2) is 0 Å². The van der Waals surface area contributed by atoms with E-state index in [4.69, 9.17) is 0 Å². The summed E-state index contributed by atoms with van der Waals surface area (Å²) in [6.45, 7) is 3.89. The third-order valence-corrected chi connectivity index (χ3v) is 3.09. The number of aromatic nitrogens is 1. The molecular weight excluding hydrogens is 190 g/mol. The van der Waals surface area contributed by atoms with Gasteiger partial charge in [-0.2, -0.15) is 0 Å². The van der Waals surface area contributed by atoms with E-state index >= 15 is 0 Å². The molecule has 2 heterocycles. The minimum absolute atomic E-state index is 0.111. The number of hydrogen-bond acceptors (Lipinski definition) is 2. The number of amides is 1. The number of rotatable bonds is 2. The summed E-state index contributed by atoms with van der Waals surface area (Å²) >= 11 is 0. The second-order valence-corrected chi connectivity index (χ2v) is 4.34. The van der Waals surface area contributed by atoms with E-state index in [2.05, 4.69) is 10.7 Å². The first kappa shape index (κ1) is 10.2. The van der Waals surface area contributed by atoms with Gasteiger partial charge in [0.1, 0.15) is 0 Å². The standard InChI is InChI=1S/C11H17N3O/c1-11(4-6-12-7-5-11)10(15)13-14-8-2-3-9-14/h2-3,8-9,12H,4-7H2,1H3,(H,13,15). The molecule has 0 spiro atoms. The normalized spacial score (nSPS) is 19.8. The van der Waals surface area contributed by atoms with Crippen LogP contribution in [0.15, 0.2) is 24.5 Å². The minimum Gasteiger partial charge on any atom is -0.317 e. The van der Waals surface area contributed by atoms with Crippen molar-refractivity contribution in [1.82, 2.24) is 9.99 Å². The molecular formula is C11H17N3O. The Kier molecular flexibility index (Phi) is 2.77. The molecule has 0 saturated carbocycles. The average molecular weight is 207 g/mol. The molecule has 0 atom stereocenters. The van der Waals surface area contributed by atoms with Crippen LogP contribution in [0, 0.1) is 5.41 Å². The van der Waals surface area contributed by atoms with E-state index in [0.29, 0.717) is 0 Å². The summed E-state index contributed by atoms with van der Waals surface area (Å²) in [7, 11) is 0. The molecule has 1 aromatic heterocycles. The zero-order valence-corrected chi connectivity index (χ0v) is 8.99. The number of nitrogens with zero attached hydrogens (tertiary/aromatic N) is 1. The quantitative estimate of drug-likeness (QED) is 0.758. The molecule has 2 rings (SSSR count). The van der Waals surface area contributed by atoms with Gasteiger partial charge in [-0.05, 0) is 38.1 Å². The van der Waals surface area contributed by atoms with Gasteiger partial charge in [0.05, 0.1) is 5.41 Å². The highest BCUT2D eigenvalue weighted by atomic mass is 16.2. The number of carbonyl (C=O) groups excluding carboxylic acids is 1. The van der Waals surface area contributed by atoms with E-state index in [1.54, 1.807) is 4.68 Å². The largest absolute Gasteiger partial charge is 0.317 e. The second kappa shape index (κ2) is 4.06. The summed E-state index contributed by atoms with van der Waals surface area (Å²) in [4.78, 5) is 12.0. The Hall–Kier alpha value is -1.29. The smallest absolute Gasteiger partial charge is 0.244 e. The van der Waals surface area contributed by atoms with Crippen molar-refractivity contribution in [3.63, 3.8) is 0 Å². The summed E-state index contributed by atoms with van der Waals surface area (Å²) < 4.78 is 1.70. The average Bonchev–Trinajstić information content (AvgIpc) is 2.71. The lowest BCUT2D eigenvalue weighted by atomic mass is 9.80. The Morgan fingerprint density at radius 1 is 1.33 bits per heavy atom. The molecule has 1 aliphatic rings. The van der Waals surface area contributed by atoms with Crippen LogP contribution in [0.2, 0.25) is 0 Å². The number of nitrogens with one attached hydrogen (secondary N) is 2. The molecule has 0 aliphatic carbocycles. The number of carbonyl (C=O) groups is 1. The van der Waals surface area contributed by atoms with Crippen molar-refractivity contribution in [2.45, 2.75) is 19.8 Å². The molecule has 0 aromatic carbocycles. The topological polar surface area (TPSA) is 46.1 Å². The molecule has 0 radical (unpaired) electrons. The van der Waals surface area contributed by atoms with Crippen LogP contribution in [0.1, 0.15) is 19.8 Å². The van der Waals surface area contributed by atoms with Gasteiger partial charge >= 0.3 is 0 Å². The maximum Gasteiger partial charge on any atom is 0.244 e. The highest BCUT2D eigenvalue weighted by Crippen LogP contribution is 2.28. The first-order chi connectivity index (χ1) is 7.21. The fourth-order valence-electron chi connectivity index (χ4n) is 1.87. The molecule has 4 heteroatoms. The van der Waals surface area contributed by atoms with Crippen molar-refractivity contribution in [2.24, 2.45) is 5.41 Å². The fourth-order valence-corrected chi connectivity index (χ4v) is 1.87. The van der Waals surface area contributed by atoms with Crippen molar-refractivity contribution in [1.29, 1.82) is 0 Å². The van der Waals surface area contributed by atoms with Crippen molar-refractivity contribution < 1.29 is 4.79 Å². The van der Waals surface area contributed by atoms with Crippen molar-refractivity contribution >= 4 is 5.91 Å². The first-order valence-electron chi connectivity index (χ1n) is 5.36. The molecule has 1 amide bonds. The van der Waals surface area contributed by atoms with Gasteiger partial charge in [-0.1, -0.05) is 6.92 Å². The molecule has 15 heavy (non-hydrogen) atoms. The van der Waals surface area contributed by atoms with Gasteiger partial charge in [-0.3, -0.25) is 14.9 Å². The van der Waals surface area contributed by atoms with E-state index in [-0.39, 0.29) is 11.3 Å². The van der Waals surface area contributed by atoms with Crippen LogP contribution in [-0.2, 0) is 4.79 Å². The lowest BCUT2D eigenvalue weighted by Gasteiger charge is -2.32. The summed E-state index contributed by atoms with van der Waals surface area (Å²) in [6.07, 6.45) is 5.48. The van der Waals surface area contributed by atoms with Crippen molar-refractivity contribution in [2.75, 3.05) is 18.5 Å². The van der Waals surface area contributed by atoms with E-state index in [1.807, 2.05) is 31.5 Å². The Morgan fingerprint density at radius 2 is 1.93 bits per heavy atom. The van der Waals surface area contributed by atoms with Crippen LogP contribution >= 0.6 is 0 Å². The molecule has 1 fully saturated rings. The summed E-state index contributed by atoms with van der Waals surface area (Å²) in [5, 5.41) is 3.27. The molecule has 0 bridgehead atoms. The van der Waals surface area contributed by atoms with Gasteiger partial charge in [0.25, 0.3) is 0 Å². The van der Waals surface area contributed by atoms with E-state index < -0.39 is 0 Å². The Morgan fingerprint density at radius 3 is 2.53 bits per heavy atom. The molecule has 1 saturated heterocycles. The third-order valence-electron chi connectivity index (χ3n) is 3.09. The van der Waals surface area contributed by atoms with Gasteiger partial charge in [-0.15, -0.1) is 0 Å². The van der Waals surface area contributed by atoms with Gasteiger partial charge < -0.3 is 5.32 Å². The van der Waals surface area contributed by atoms with Crippen LogP contribution in [0.5, 0.6) is 0 Å². The first-order valence-corrected chi connectivity index (χ1v) is 5.36. The zero-order valence-electron chi connectivity index (χ0n) is 8.99. The maximum atomic E-state index is 12.0. The van der Waals surface area contributed by atoms with Crippen LogP contribution < -0.4 is 10.7 Å². The SMILES string of the molecule is CC1(C(=O)Nn2cccc2)CCNCC1. The fraction of sp³-hybridized carbons (Fsp3) is 0.545. The predicted octanol–water partition coefficient (Wildman–Crippen LogP) is 0.948. The molecule has 1 aliphatic heterocycles. The van der Waals surface area contributed by atoms with Crippen LogP contribution in [0.3, 0.4) is 0 Å². The van der Waals surface area contributed by atoms with Crippen LogP contribution in [0.4, 0.5) is 0 Å². The summed E-state index contributed by atoms with van der Waals surface area (Å²) in [5.41, 5.74) is 2.66. The van der Waals surface area contributed by atoms with Crippen LogP contribution in [-0.4, -0.2) is 23.7 Å². The monoisotopic (exact) mass is 207 g/mol. The molecule has 4 nitrogen and oxygen atoms in total. The van der Waals surface area contributed by atoms with Crippen molar-refractivity contribution in [3.8, 4) is 0 Å². The van der Waals surface area contributed by atoms with E-state index in [0.717, 1.165) is 25.9 Å². The molecule has 82 valence electrons. The Labute approximate surface area is 89.6 Å². The van der Waals surface area contributed by atoms with E-state index in [1.165, 1.54) is 0 Å². The lowest BCUT2D eigenvalue weighted by molar-refractivity contribution is -0.127. The van der Waals surface area contributed by atoms with Crippen molar-refractivity contribution in [3.05, 3.63) is 24.5 Å². The predicted molar refractivity (Wildman–Crippen MR) is 59.0 cm³/mol. The van der Waals surface area contributed by atoms with Crippen LogP contribution in [0.25, 0.3) is 0 Å². The van der Waals surface area contributed by atoms with E-state index in [9.17, 15) is 4.79 Å². The van der Waals surface area contributed by atoms with Gasteiger partial charge in [0.15, 0.2) is 0 Å². The minimum atomic E-state index is -0.227.